The van der Waals surface area contributed by atoms with Crippen LogP contribution in [0.15, 0.2) is 11.6 Å². The molecule has 2 fully saturated rings. The van der Waals surface area contributed by atoms with Crippen molar-refractivity contribution in [2.75, 3.05) is 0 Å². The number of rotatable bonds is 0. The Morgan fingerprint density at radius 3 is 2.50 bits per heavy atom. The Morgan fingerprint density at radius 1 is 1.12 bits per heavy atom. The maximum absolute atomic E-state index is 12.6. The van der Waals surface area contributed by atoms with Gasteiger partial charge in [-0.1, -0.05) is 52.4 Å². The number of ketones is 1. The first-order valence-electron chi connectivity index (χ1n) is 9.80. The molecule has 0 aliphatic heterocycles. The minimum absolute atomic E-state index is 0.111. The minimum atomic E-state index is -1.37. The van der Waals surface area contributed by atoms with E-state index < -0.39 is 8.07 Å². The first-order chi connectivity index (χ1) is 11.0. The third kappa shape index (κ3) is 2.73. The van der Waals surface area contributed by atoms with Crippen molar-refractivity contribution in [2.24, 2.45) is 22.2 Å². The molecule has 3 aliphatic rings. The largest absolute Gasteiger partial charge is 0.299 e. The van der Waals surface area contributed by atoms with Crippen molar-refractivity contribution in [1.82, 2.24) is 0 Å². The van der Waals surface area contributed by atoms with Crippen molar-refractivity contribution in [3.8, 4) is 11.5 Å². The topological polar surface area (TPSA) is 17.1 Å². The lowest BCUT2D eigenvalue weighted by Crippen LogP contribution is -2.54. The summed E-state index contributed by atoms with van der Waals surface area (Å²) in [5.74, 6) is 4.79. The number of Topliss-reactive ketones (excluding diaryl/α,β-unsaturated/α-hetero) is 1. The van der Waals surface area contributed by atoms with Crippen molar-refractivity contribution < 1.29 is 4.79 Å². The van der Waals surface area contributed by atoms with Gasteiger partial charge in [-0.2, -0.15) is 0 Å². The lowest BCUT2D eigenvalue weighted by atomic mass is 9.44. The van der Waals surface area contributed by atoms with E-state index in [1.165, 1.54) is 19.3 Å². The SMILES string of the molecule is CC1(C)C(=O)CC[C@]2(C)C3=CCCC[C@]3(C#C[Si](C)(C)C)CCC12. The summed E-state index contributed by atoms with van der Waals surface area (Å²) in [4.78, 5) is 12.6. The summed E-state index contributed by atoms with van der Waals surface area (Å²) in [7, 11) is -1.37. The summed E-state index contributed by atoms with van der Waals surface area (Å²) in [5.41, 5.74) is 5.42. The van der Waals surface area contributed by atoms with Gasteiger partial charge in [0.15, 0.2) is 0 Å². The van der Waals surface area contributed by atoms with Crippen LogP contribution >= 0.6 is 0 Å². The quantitative estimate of drug-likeness (QED) is 0.310. The monoisotopic (exact) mass is 342 g/mol. The van der Waals surface area contributed by atoms with Gasteiger partial charge in [0.25, 0.3) is 0 Å². The van der Waals surface area contributed by atoms with Crippen LogP contribution in [0.1, 0.15) is 65.7 Å². The molecule has 3 aliphatic carbocycles. The average molecular weight is 343 g/mol. The van der Waals surface area contributed by atoms with Crippen LogP contribution in [0, 0.1) is 33.6 Å². The number of hydrogen-bond acceptors (Lipinski definition) is 1. The van der Waals surface area contributed by atoms with Gasteiger partial charge >= 0.3 is 0 Å². The number of carbonyl (C=O) groups is 1. The molecule has 0 bridgehead atoms. The van der Waals surface area contributed by atoms with E-state index in [4.69, 9.17) is 0 Å². The number of carbonyl (C=O) groups excluding carboxylic acids is 1. The predicted octanol–water partition coefficient (Wildman–Crippen LogP) is 5.77. The zero-order valence-electron chi connectivity index (χ0n) is 16.5. The second kappa shape index (κ2) is 5.60. The van der Waals surface area contributed by atoms with E-state index in [-0.39, 0.29) is 16.2 Å². The molecule has 0 heterocycles. The summed E-state index contributed by atoms with van der Waals surface area (Å²) < 4.78 is 0. The molecule has 0 aromatic carbocycles. The van der Waals surface area contributed by atoms with E-state index in [0.29, 0.717) is 11.7 Å². The predicted molar refractivity (Wildman–Crippen MR) is 104 cm³/mol. The summed E-state index contributed by atoms with van der Waals surface area (Å²) in [6.07, 6.45) is 10.3. The second-order valence-corrected chi connectivity index (χ2v) is 15.0. The van der Waals surface area contributed by atoms with Crippen molar-refractivity contribution in [3.05, 3.63) is 11.6 Å². The zero-order chi connectivity index (χ0) is 17.8. The van der Waals surface area contributed by atoms with Gasteiger partial charge in [0.1, 0.15) is 13.9 Å². The fourth-order valence-corrected chi connectivity index (χ4v) is 6.39. The van der Waals surface area contributed by atoms with E-state index in [1.54, 1.807) is 5.57 Å². The minimum Gasteiger partial charge on any atom is -0.299 e. The highest BCUT2D eigenvalue weighted by atomic mass is 28.3. The Balaban J connectivity index is 2.07. The molecule has 3 rings (SSSR count). The van der Waals surface area contributed by atoms with Crippen LogP contribution in [0.2, 0.25) is 19.6 Å². The number of hydrogen-bond donors (Lipinski definition) is 0. The molecule has 2 saturated carbocycles. The van der Waals surface area contributed by atoms with Crippen LogP contribution in [0.4, 0.5) is 0 Å². The van der Waals surface area contributed by atoms with Gasteiger partial charge in [-0.3, -0.25) is 4.79 Å². The van der Waals surface area contributed by atoms with Crippen LogP contribution < -0.4 is 0 Å². The van der Waals surface area contributed by atoms with Crippen molar-refractivity contribution in [3.63, 3.8) is 0 Å². The van der Waals surface area contributed by atoms with Gasteiger partial charge in [0, 0.05) is 11.8 Å². The van der Waals surface area contributed by atoms with E-state index in [0.717, 1.165) is 25.7 Å². The van der Waals surface area contributed by atoms with E-state index in [2.05, 4.69) is 58.0 Å². The fraction of sp³-hybridized carbons (Fsp3) is 0.773. The van der Waals surface area contributed by atoms with Crippen LogP contribution in [0.3, 0.4) is 0 Å². The molecule has 0 aromatic heterocycles. The summed E-state index contributed by atoms with van der Waals surface area (Å²) in [5, 5.41) is 0. The molecular weight excluding hydrogens is 308 g/mol. The average Bonchev–Trinajstić information content (AvgIpc) is 2.49. The molecule has 3 atom stereocenters. The van der Waals surface area contributed by atoms with E-state index >= 15 is 0 Å². The van der Waals surface area contributed by atoms with Gasteiger partial charge in [0.05, 0.1) is 5.41 Å². The fourth-order valence-electron chi connectivity index (χ4n) is 5.77. The summed E-state index contributed by atoms with van der Waals surface area (Å²) in [6.45, 7) is 13.9. The highest BCUT2D eigenvalue weighted by Crippen LogP contribution is 2.65. The normalized spacial score (nSPS) is 38.3. The first kappa shape index (κ1) is 18.0. The van der Waals surface area contributed by atoms with Gasteiger partial charge in [-0.05, 0) is 55.4 Å². The van der Waals surface area contributed by atoms with Crippen molar-refractivity contribution in [1.29, 1.82) is 0 Å². The third-order valence-electron chi connectivity index (χ3n) is 7.05. The Kier molecular flexibility index (Phi) is 4.20. The number of fused-ring (bicyclic) bond motifs is 3. The zero-order valence-corrected chi connectivity index (χ0v) is 17.5. The van der Waals surface area contributed by atoms with Crippen LogP contribution in [-0.4, -0.2) is 13.9 Å². The Hall–Kier alpha value is -0.813. The van der Waals surface area contributed by atoms with Crippen molar-refractivity contribution in [2.45, 2.75) is 85.4 Å². The lowest BCUT2D eigenvalue weighted by Gasteiger charge is -2.59. The van der Waals surface area contributed by atoms with Crippen LogP contribution in [-0.2, 0) is 4.79 Å². The molecule has 0 spiro atoms. The molecule has 0 aromatic rings. The van der Waals surface area contributed by atoms with Crippen LogP contribution in [0.25, 0.3) is 0 Å². The van der Waals surface area contributed by atoms with Crippen molar-refractivity contribution >= 4 is 13.9 Å². The smallest absolute Gasteiger partial charge is 0.138 e. The highest BCUT2D eigenvalue weighted by Gasteiger charge is 2.59. The summed E-state index contributed by atoms with van der Waals surface area (Å²) in [6, 6.07) is 0. The Morgan fingerprint density at radius 2 is 1.83 bits per heavy atom. The number of allylic oxidation sites excluding steroid dienone is 2. The molecule has 24 heavy (non-hydrogen) atoms. The Bertz CT molecular complexity index is 639. The molecule has 0 amide bonds. The molecule has 0 radical (unpaired) electrons. The van der Waals surface area contributed by atoms with Gasteiger partial charge < -0.3 is 0 Å². The molecular formula is C22H34OSi. The molecule has 0 N–H and O–H groups in total. The second-order valence-electron chi connectivity index (χ2n) is 10.2. The first-order valence-corrected chi connectivity index (χ1v) is 13.3. The van der Waals surface area contributed by atoms with Gasteiger partial charge in [-0.15, -0.1) is 5.54 Å². The van der Waals surface area contributed by atoms with E-state index in [1.807, 2.05) is 0 Å². The maximum Gasteiger partial charge on any atom is 0.138 e. The lowest BCUT2D eigenvalue weighted by molar-refractivity contribution is -0.141. The maximum atomic E-state index is 12.6. The Labute approximate surface area is 149 Å². The molecule has 2 heteroatoms. The molecule has 1 unspecified atom stereocenters. The summed E-state index contributed by atoms with van der Waals surface area (Å²) >= 11 is 0. The van der Waals surface area contributed by atoms with Gasteiger partial charge in [0.2, 0.25) is 0 Å². The molecule has 132 valence electrons. The third-order valence-corrected chi connectivity index (χ3v) is 7.93. The molecule has 1 nitrogen and oxygen atoms in total. The van der Waals surface area contributed by atoms with Gasteiger partial charge in [-0.25, -0.2) is 0 Å². The molecule has 0 saturated heterocycles. The highest BCUT2D eigenvalue weighted by molar-refractivity contribution is 6.83. The standard InChI is InChI=1S/C22H34OSi/c1-20(2)17-10-14-22(15-16-24(4,5)6)12-8-7-9-18(22)21(17,3)13-11-19(20)23/h9,17H,7-8,10-14H2,1-6H3/t17?,21-,22+/m0/s1. The van der Waals surface area contributed by atoms with E-state index in [9.17, 15) is 4.79 Å². The van der Waals surface area contributed by atoms with Crippen LogP contribution in [0.5, 0.6) is 0 Å².